The van der Waals surface area contributed by atoms with Gasteiger partial charge in [0.25, 0.3) is 0 Å². The summed E-state index contributed by atoms with van der Waals surface area (Å²) in [5.41, 5.74) is 2.08. The largest absolute Gasteiger partial charge is 0.497 e. The van der Waals surface area contributed by atoms with Gasteiger partial charge in [-0.1, -0.05) is 53.3 Å². The standard InChI is InChI=1S/C10H9NOS.C8H10ClNO2S.C7H8ClNO2S.C7H9NS.C6H6ClNOS.C5H4ClNO2S.C5H2F5NS/c1-12-9-4-2-8(3-5-9)10-6-7-11-13-10;1-8(2,3)12-7(11)6-5(9)4-10-13-6;1-4(2)11-7(10)6-5(8)3-9-12-6;1-5-4-8-9-7(5)6-2-3-6;1-2-5(9)6-4(7)3-8-10-6;1-9-5(8)4-3(6)2-7-10-4;6-4(7,5(8,9)10)3-1-2-11-12-3/h2-7H,1H3;4H,1-3H3;3-4H,1-2H3;4,6H,2-3H2,1H3;3H,2H2,1H3;2H,1H3;1-2H. The highest BCUT2D eigenvalue weighted by Gasteiger charge is 2.59. The highest BCUT2D eigenvalue weighted by molar-refractivity contribution is 7.10. The number of rotatable bonds is 10. The molecule has 0 unspecified atom stereocenters. The number of Topliss-reactive ketones (excluding diaryl/α,β-unsaturated/α-hetero) is 1. The van der Waals surface area contributed by atoms with Crippen LogP contribution in [0.1, 0.15) is 121 Å². The van der Waals surface area contributed by atoms with Crippen molar-refractivity contribution < 1.29 is 60.1 Å². The SMILES string of the molecule is CC(C)(C)OC(=O)c1sncc1Cl.CC(C)OC(=O)c1sncc1Cl.CCC(=O)c1sncc1Cl.COC(=O)c1sncc1Cl.COc1ccc(-c2ccns2)cc1.Cc1cnsc1C1CC1.FC(F)(F)C(F)(F)c1ccns1. The van der Waals surface area contributed by atoms with E-state index >= 15 is 0 Å². The molecule has 7 heterocycles. The smallest absolute Gasteiger partial charge is 0.459 e. The number of methoxy groups -OCH3 is 2. The number of benzene rings is 1. The van der Waals surface area contributed by atoms with Crippen LogP contribution >= 0.6 is 127 Å². The minimum atomic E-state index is -5.54. The zero-order valence-electron chi connectivity index (χ0n) is 42.9. The first-order valence-corrected chi connectivity index (χ1v) is 29.4. The van der Waals surface area contributed by atoms with E-state index in [-0.39, 0.29) is 23.4 Å². The highest BCUT2D eigenvalue weighted by atomic mass is 35.5. The van der Waals surface area contributed by atoms with Crippen LogP contribution in [0.4, 0.5) is 22.0 Å². The fourth-order valence-electron chi connectivity index (χ4n) is 5.02. The molecule has 1 aliphatic carbocycles. The van der Waals surface area contributed by atoms with E-state index in [1.54, 1.807) is 60.2 Å². The van der Waals surface area contributed by atoms with Gasteiger partial charge in [0.05, 0.1) is 70.1 Å². The Hall–Kier alpha value is -4.68. The van der Waals surface area contributed by atoms with Gasteiger partial charge in [-0.25, -0.2) is 27.5 Å². The lowest BCUT2D eigenvalue weighted by atomic mass is 10.2. The first-order chi connectivity index (χ1) is 37.1. The summed E-state index contributed by atoms with van der Waals surface area (Å²) in [7, 11) is 2.97. The summed E-state index contributed by atoms with van der Waals surface area (Å²) in [6, 6.07) is 10.6. The molecule has 0 bridgehead atoms. The van der Waals surface area contributed by atoms with Gasteiger partial charge in [0.15, 0.2) is 20.4 Å². The van der Waals surface area contributed by atoms with E-state index in [2.05, 4.69) is 42.3 Å². The van der Waals surface area contributed by atoms with Gasteiger partial charge in [-0.3, -0.25) is 4.79 Å². The number of carbonyl (C=O) groups excluding carboxylic acids is 4. The van der Waals surface area contributed by atoms with E-state index in [0.29, 0.717) is 52.1 Å². The van der Waals surface area contributed by atoms with Gasteiger partial charge < -0.3 is 18.9 Å². The van der Waals surface area contributed by atoms with Crippen LogP contribution in [0.2, 0.25) is 20.1 Å². The van der Waals surface area contributed by atoms with Crippen LogP contribution in [0.25, 0.3) is 10.4 Å². The maximum absolute atomic E-state index is 12.3. The van der Waals surface area contributed by atoms with Crippen LogP contribution in [0.15, 0.2) is 79.8 Å². The van der Waals surface area contributed by atoms with Crippen molar-refractivity contribution in [3.8, 4) is 16.2 Å². The minimum Gasteiger partial charge on any atom is -0.497 e. The highest BCUT2D eigenvalue weighted by Crippen LogP contribution is 2.45. The predicted octanol–water partition coefficient (Wildman–Crippen LogP) is 17.0. The lowest BCUT2D eigenvalue weighted by Gasteiger charge is -2.18. The molecule has 1 saturated carbocycles. The molecule has 1 fully saturated rings. The number of halogens is 9. The Labute approximate surface area is 500 Å². The summed E-state index contributed by atoms with van der Waals surface area (Å²) >= 11 is 30.1. The number of hydrogen-bond acceptors (Lipinski definition) is 22. The number of aromatic nitrogens is 7. The van der Waals surface area contributed by atoms with Crippen LogP contribution in [-0.4, -0.2) is 86.4 Å². The Morgan fingerprint density at radius 3 is 1.44 bits per heavy atom. The number of carbonyl (C=O) groups is 4. The number of alkyl halides is 5. The third kappa shape index (κ3) is 23.4. The van der Waals surface area contributed by atoms with Gasteiger partial charge in [-0.05, 0) is 189 Å². The van der Waals surface area contributed by atoms with Gasteiger partial charge in [-0.15, -0.1) is 0 Å². The molecule has 0 atom stereocenters. The quantitative estimate of drug-likeness (QED) is 0.0542. The van der Waals surface area contributed by atoms with Crippen LogP contribution in [0.5, 0.6) is 5.75 Å². The summed E-state index contributed by atoms with van der Waals surface area (Å²) in [6.07, 6.45) is 8.06. The molecule has 31 heteroatoms. The maximum Gasteiger partial charge on any atom is 0.459 e. The average molecular weight is 1310 g/mol. The van der Waals surface area contributed by atoms with Gasteiger partial charge in [0.1, 0.15) is 21.1 Å². The summed E-state index contributed by atoms with van der Waals surface area (Å²) in [6.45, 7) is 12.9. The summed E-state index contributed by atoms with van der Waals surface area (Å²) in [4.78, 5) is 47.6. The predicted molar refractivity (Wildman–Crippen MR) is 305 cm³/mol. The first kappa shape index (κ1) is 68.6. The van der Waals surface area contributed by atoms with Crippen LogP contribution in [-0.2, 0) is 20.1 Å². The van der Waals surface area contributed by atoms with Crippen molar-refractivity contribution in [1.29, 1.82) is 0 Å². The molecule has 15 nitrogen and oxygen atoms in total. The second kappa shape index (κ2) is 33.3. The van der Waals surface area contributed by atoms with Gasteiger partial charge in [0.2, 0.25) is 0 Å². The summed E-state index contributed by atoms with van der Waals surface area (Å²) in [5, 5.41) is 1.51. The Morgan fingerprint density at radius 1 is 0.620 bits per heavy atom. The van der Waals surface area contributed by atoms with Gasteiger partial charge in [0, 0.05) is 29.9 Å². The Morgan fingerprint density at radius 2 is 1.09 bits per heavy atom. The molecule has 0 amide bonds. The third-order valence-corrected chi connectivity index (χ3v) is 16.3. The Bertz CT molecular complexity index is 3040. The summed E-state index contributed by atoms with van der Waals surface area (Å²) in [5.74, 6) is -4.21. The van der Waals surface area contributed by atoms with Crippen molar-refractivity contribution in [2.75, 3.05) is 14.2 Å². The van der Waals surface area contributed by atoms with Crippen LogP contribution in [0, 0.1) is 6.92 Å². The maximum atomic E-state index is 12.3. The lowest BCUT2D eigenvalue weighted by Crippen LogP contribution is -2.32. The molecule has 79 heavy (non-hydrogen) atoms. The Balaban J connectivity index is 0.000000243. The molecule has 8 aromatic rings. The van der Waals surface area contributed by atoms with Crippen molar-refractivity contribution >= 4 is 151 Å². The van der Waals surface area contributed by atoms with E-state index in [4.69, 9.17) is 60.6 Å². The monoisotopic (exact) mass is 1310 g/mol. The molecular formula is C48H48Cl4F5N7O8S7. The lowest BCUT2D eigenvalue weighted by molar-refractivity contribution is -0.287. The number of aryl methyl sites for hydroxylation is 1. The summed E-state index contributed by atoms with van der Waals surface area (Å²) < 4.78 is 105. The fourth-order valence-corrected chi connectivity index (χ4v) is 10.5. The molecular weight excluding hydrogens is 1260 g/mol. The van der Waals surface area contributed by atoms with E-state index in [1.807, 2.05) is 42.7 Å². The normalized spacial score (nSPS) is 11.6. The fraction of sp³-hybridized carbons (Fsp3) is 0.354. The van der Waals surface area contributed by atoms with Crippen LogP contribution < -0.4 is 4.74 Å². The van der Waals surface area contributed by atoms with E-state index < -0.39 is 40.5 Å². The number of esters is 3. The van der Waals surface area contributed by atoms with E-state index in [9.17, 15) is 41.1 Å². The zero-order valence-corrected chi connectivity index (χ0v) is 51.7. The van der Waals surface area contributed by atoms with E-state index in [1.165, 1.54) is 77.2 Å². The van der Waals surface area contributed by atoms with Crippen molar-refractivity contribution in [3.05, 3.63) is 135 Å². The number of hydrogen-bond donors (Lipinski definition) is 0. The zero-order chi connectivity index (χ0) is 59.1. The number of nitrogens with zero attached hydrogens (tertiary/aromatic N) is 7. The Kier molecular flexibility index (Phi) is 28.9. The second-order valence-electron chi connectivity index (χ2n) is 16.4. The molecule has 1 aromatic carbocycles. The van der Waals surface area contributed by atoms with Gasteiger partial charge >= 0.3 is 30.0 Å². The molecule has 0 spiro atoms. The van der Waals surface area contributed by atoms with Crippen molar-refractivity contribution in [2.24, 2.45) is 0 Å². The molecule has 1 aliphatic rings. The van der Waals surface area contributed by atoms with Crippen molar-refractivity contribution in [2.45, 2.75) is 97.5 Å². The topological polar surface area (TPSA) is 195 Å². The first-order valence-electron chi connectivity index (χ1n) is 22.4. The molecule has 9 rings (SSSR count). The number of ketones is 1. The molecule has 428 valence electrons. The average Bonchev–Trinajstić information content (AvgIpc) is 4.24. The van der Waals surface area contributed by atoms with Crippen molar-refractivity contribution in [1.82, 2.24) is 30.6 Å². The molecule has 0 radical (unpaired) electrons. The molecule has 0 N–H and O–H groups in total. The minimum absolute atomic E-state index is 0.0625. The van der Waals surface area contributed by atoms with Crippen LogP contribution in [0.3, 0.4) is 0 Å². The van der Waals surface area contributed by atoms with E-state index in [0.717, 1.165) is 64.0 Å². The van der Waals surface area contributed by atoms with Gasteiger partial charge in [-0.2, -0.15) is 39.4 Å². The molecule has 0 aliphatic heterocycles. The number of ether oxygens (including phenoxy) is 4. The third-order valence-electron chi connectivity index (χ3n) is 8.82. The van der Waals surface area contributed by atoms with Crippen molar-refractivity contribution in [3.63, 3.8) is 0 Å². The molecule has 7 aromatic heterocycles. The molecule has 0 saturated heterocycles. The second-order valence-corrected chi connectivity index (χ2v) is 23.8.